The maximum absolute atomic E-state index is 12.6. The molecule has 1 fully saturated rings. The first-order valence-electron chi connectivity index (χ1n) is 9.38. The predicted octanol–water partition coefficient (Wildman–Crippen LogP) is 3.19. The van der Waals surface area contributed by atoms with Gasteiger partial charge in [0.25, 0.3) is 0 Å². The van der Waals surface area contributed by atoms with Crippen molar-refractivity contribution in [3.05, 3.63) is 60.1 Å². The number of likely N-dealkylation sites (tertiary alicyclic amines) is 1. The Labute approximate surface area is 162 Å². The zero-order chi connectivity index (χ0) is 19.8. The highest BCUT2D eigenvalue weighted by molar-refractivity contribution is 5.80. The maximum Gasteiger partial charge on any atom is 0.401 e. The number of alkyl halides is 3. The second-order valence-corrected chi connectivity index (χ2v) is 6.89. The number of hydrogen-bond acceptors (Lipinski definition) is 3. The molecule has 1 atom stereocenters. The lowest BCUT2D eigenvalue weighted by Gasteiger charge is -2.20. The van der Waals surface area contributed by atoms with Crippen molar-refractivity contribution in [1.82, 2.24) is 15.5 Å². The number of benzene rings is 1. The first-order chi connectivity index (χ1) is 13.5. The SMILES string of the molecule is FC(F)(F)CN1CCC(NC(=NCc2ccccc2)NCCc2ccco2)C1. The molecular weight excluding hydrogens is 369 g/mol. The molecule has 0 saturated carbocycles. The third-order valence-corrected chi connectivity index (χ3v) is 4.52. The molecule has 152 valence electrons. The van der Waals surface area contributed by atoms with Gasteiger partial charge in [-0.3, -0.25) is 4.90 Å². The summed E-state index contributed by atoms with van der Waals surface area (Å²) in [4.78, 5) is 6.02. The number of hydrogen-bond donors (Lipinski definition) is 2. The van der Waals surface area contributed by atoms with Gasteiger partial charge in [0.2, 0.25) is 0 Å². The highest BCUT2D eigenvalue weighted by Gasteiger charge is 2.34. The van der Waals surface area contributed by atoms with Crippen LogP contribution in [-0.4, -0.2) is 49.3 Å². The zero-order valence-corrected chi connectivity index (χ0v) is 15.6. The fraction of sp³-hybridized carbons (Fsp3) is 0.450. The number of guanidine groups is 1. The average molecular weight is 394 g/mol. The Kier molecular flexibility index (Phi) is 6.97. The number of nitrogens with one attached hydrogen (secondary N) is 2. The summed E-state index contributed by atoms with van der Waals surface area (Å²) >= 11 is 0. The molecule has 1 aliphatic heterocycles. The summed E-state index contributed by atoms with van der Waals surface area (Å²) in [7, 11) is 0. The van der Waals surface area contributed by atoms with Crippen LogP contribution >= 0.6 is 0 Å². The van der Waals surface area contributed by atoms with E-state index in [0.29, 0.717) is 45.0 Å². The topological polar surface area (TPSA) is 52.8 Å². The van der Waals surface area contributed by atoms with Crippen molar-refractivity contribution in [3.8, 4) is 0 Å². The summed E-state index contributed by atoms with van der Waals surface area (Å²) in [5, 5.41) is 6.54. The molecule has 1 aromatic carbocycles. The summed E-state index contributed by atoms with van der Waals surface area (Å²) in [6, 6.07) is 13.5. The molecule has 2 N–H and O–H groups in total. The van der Waals surface area contributed by atoms with Crippen molar-refractivity contribution in [1.29, 1.82) is 0 Å². The Morgan fingerprint density at radius 1 is 1.18 bits per heavy atom. The minimum Gasteiger partial charge on any atom is -0.469 e. The number of aliphatic imine (C=N–C) groups is 1. The van der Waals surface area contributed by atoms with Gasteiger partial charge in [-0.2, -0.15) is 13.2 Å². The Morgan fingerprint density at radius 2 is 2.00 bits per heavy atom. The Morgan fingerprint density at radius 3 is 2.71 bits per heavy atom. The van der Waals surface area contributed by atoms with E-state index in [-0.39, 0.29) is 6.04 Å². The average Bonchev–Trinajstić information content (AvgIpc) is 3.31. The van der Waals surface area contributed by atoms with Crippen molar-refractivity contribution in [2.75, 3.05) is 26.2 Å². The monoisotopic (exact) mass is 394 g/mol. The first kappa shape index (κ1) is 20.3. The van der Waals surface area contributed by atoms with Crippen LogP contribution in [0, 0.1) is 0 Å². The van der Waals surface area contributed by atoms with E-state index in [1.165, 1.54) is 4.90 Å². The fourth-order valence-corrected chi connectivity index (χ4v) is 3.21. The van der Waals surface area contributed by atoms with Crippen molar-refractivity contribution in [2.24, 2.45) is 4.99 Å². The molecule has 1 aromatic heterocycles. The molecule has 0 spiro atoms. The minimum atomic E-state index is -4.17. The number of rotatable bonds is 7. The van der Waals surface area contributed by atoms with E-state index in [1.807, 2.05) is 42.5 Å². The minimum absolute atomic E-state index is 0.0620. The van der Waals surface area contributed by atoms with Gasteiger partial charge in [-0.1, -0.05) is 30.3 Å². The number of halogens is 3. The molecule has 2 heterocycles. The molecule has 0 bridgehead atoms. The van der Waals surface area contributed by atoms with Gasteiger partial charge >= 0.3 is 6.18 Å². The van der Waals surface area contributed by atoms with E-state index in [2.05, 4.69) is 15.6 Å². The Bertz CT molecular complexity index is 732. The van der Waals surface area contributed by atoms with Gasteiger partial charge in [-0.05, 0) is 24.1 Å². The predicted molar refractivity (Wildman–Crippen MR) is 102 cm³/mol. The van der Waals surface area contributed by atoms with Gasteiger partial charge in [0.15, 0.2) is 5.96 Å². The third-order valence-electron chi connectivity index (χ3n) is 4.52. The summed E-state index contributed by atoms with van der Waals surface area (Å²) in [6.07, 6.45) is -1.18. The lowest BCUT2D eigenvalue weighted by molar-refractivity contribution is -0.143. The van der Waals surface area contributed by atoms with Crippen LogP contribution in [0.4, 0.5) is 13.2 Å². The zero-order valence-electron chi connectivity index (χ0n) is 15.6. The molecule has 1 aliphatic rings. The highest BCUT2D eigenvalue weighted by Crippen LogP contribution is 2.19. The molecule has 3 rings (SSSR count). The summed E-state index contributed by atoms with van der Waals surface area (Å²) < 4.78 is 43.1. The van der Waals surface area contributed by atoms with Crippen LogP contribution in [0.5, 0.6) is 0 Å². The summed E-state index contributed by atoms with van der Waals surface area (Å²) in [5.41, 5.74) is 1.07. The van der Waals surface area contributed by atoms with Crippen molar-refractivity contribution in [2.45, 2.75) is 31.6 Å². The fourth-order valence-electron chi connectivity index (χ4n) is 3.21. The summed E-state index contributed by atoms with van der Waals surface area (Å²) in [5.74, 6) is 1.47. The van der Waals surface area contributed by atoms with Gasteiger partial charge in [-0.25, -0.2) is 4.99 Å². The normalized spacial score (nSPS) is 18.4. The Hall–Kier alpha value is -2.48. The van der Waals surface area contributed by atoms with Crippen LogP contribution in [-0.2, 0) is 13.0 Å². The van der Waals surface area contributed by atoms with E-state index in [9.17, 15) is 13.2 Å². The highest BCUT2D eigenvalue weighted by atomic mass is 19.4. The molecule has 28 heavy (non-hydrogen) atoms. The van der Waals surface area contributed by atoms with Gasteiger partial charge < -0.3 is 15.1 Å². The lowest BCUT2D eigenvalue weighted by atomic mass is 10.2. The third kappa shape index (κ3) is 6.92. The molecule has 1 saturated heterocycles. The Balaban J connectivity index is 1.55. The van der Waals surface area contributed by atoms with Gasteiger partial charge in [0.05, 0.1) is 19.4 Å². The van der Waals surface area contributed by atoms with E-state index in [0.717, 1.165) is 11.3 Å². The molecule has 1 unspecified atom stereocenters. The lowest BCUT2D eigenvalue weighted by Crippen LogP contribution is -2.45. The molecule has 0 amide bonds. The van der Waals surface area contributed by atoms with Crippen LogP contribution in [0.25, 0.3) is 0 Å². The summed E-state index contributed by atoms with van der Waals surface area (Å²) in [6.45, 7) is 1.02. The van der Waals surface area contributed by atoms with Gasteiger partial charge in [0, 0.05) is 32.1 Å². The standard InChI is InChI=1S/C20H25F3N4O/c21-20(22,23)15-27-11-9-17(14-27)26-19(24-10-8-18-7-4-12-28-18)25-13-16-5-2-1-3-6-16/h1-7,12,17H,8-11,13-15H2,(H2,24,25,26). The van der Waals surface area contributed by atoms with Gasteiger partial charge in [0.1, 0.15) is 5.76 Å². The molecule has 0 radical (unpaired) electrons. The second kappa shape index (κ2) is 9.64. The number of nitrogens with zero attached hydrogens (tertiary/aromatic N) is 2. The molecule has 0 aliphatic carbocycles. The second-order valence-electron chi connectivity index (χ2n) is 6.89. The smallest absolute Gasteiger partial charge is 0.401 e. The van der Waals surface area contributed by atoms with Crippen LogP contribution in [0.15, 0.2) is 58.1 Å². The maximum atomic E-state index is 12.6. The van der Waals surface area contributed by atoms with Crippen molar-refractivity contribution in [3.63, 3.8) is 0 Å². The van der Waals surface area contributed by atoms with E-state index < -0.39 is 12.7 Å². The van der Waals surface area contributed by atoms with Crippen LogP contribution in [0.1, 0.15) is 17.7 Å². The van der Waals surface area contributed by atoms with E-state index in [1.54, 1.807) is 6.26 Å². The van der Waals surface area contributed by atoms with Crippen LogP contribution in [0.2, 0.25) is 0 Å². The largest absolute Gasteiger partial charge is 0.469 e. The molecular formula is C20H25F3N4O. The van der Waals surface area contributed by atoms with E-state index in [4.69, 9.17) is 4.42 Å². The number of furan rings is 1. The van der Waals surface area contributed by atoms with Crippen LogP contribution < -0.4 is 10.6 Å². The first-order valence-corrected chi connectivity index (χ1v) is 9.38. The van der Waals surface area contributed by atoms with Crippen molar-refractivity contribution < 1.29 is 17.6 Å². The molecule has 8 heteroatoms. The van der Waals surface area contributed by atoms with Gasteiger partial charge in [-0.15, -0.1) is 0 Å². The van der Waals surface area contributed by atoms with E-state index >= 15 is 0 Å². The van der Waals surface area contributed by atoms with Crippen molar-refractivity contribution >= 4 is 5.96 Å². The van der Waals surface area contributed by atoms with Crippen LogP contribution in [0.3, 0.4) is 0 Å². The molecule has 5 nitrogen and oxygen atoms in total. The molecule has 2 aromatic rings. The quantitative estimate of drug-likeness (QED) is 0.559.